The van der Waals surface area contributed by atoms with Crippen LogP contribution in [0.4, 0.5) is 4.39 Å². The van der Waals surface area contributed by atoms with Crippen molar-refractivity contribution in [1.29, 1.82) is 0 Å². The molecule has 0 amide bonds. The normalized spacial score (nSPS) is 11.9. The van der Waals surface area contributed by atoms with E-state index < -0.39 is 17.9 Å². The molecule has 0 N–H and O–H groups in total. The average molecular weight is 244 g/mol. The largest absolute Gasteiger partial charge is 0.454 e. The maximum atomic E-state index is 13.4. The summed E-state index contributed by atoms with van der Waals surface area (Å²) in [4.78, 5) is 11.8. The van der Waals surface area contributed by atoms with E-state index in [1.807, 2.05) is 30.3 Å². The van der Waals surface area contributed by atoms with Crippen molar-refractivity contribution in [1.82, 2.24) is 0 Å². The SMILES string of the molecule is C[C@H](OC(=O)c1ccccc1F)c1ccccc1. The average Bonchev–Trinajstić information content (AvgIpc) is 2.40. The topological polar surface area (TPSA) is 26.3 Å². The number of rotatable bonds is 3. The van der Waals surface area contributed by atoms with Gasteiger partial charge in [0.1, 0.15) is 11.9 Å². The first-order valence-electron chi connectivity index (χ1n) is 5.69. The fourth-order valence-electron chi connectivity index (χ4n) is 1.64. The summed E-state index contributed by atoms with van der Waals surface area (Å²) in [5.74, 6) is -1.22. The van der Waals surface area contributed by atoms with Gasteiger partial charge in [0.25, 0.3) is 0 Å². The van der Waals surface area contributed by atoms with Crippen LogP contribution in [-0.4, -0.2) is 5.97 Å². The molecule has 0 aliphatic rings. The standard InChI is InChI=1S/C15H13FO2/c1-11(12-7-3-2-4-8-12)18-15(17)13-9-5-6-10-14(13)16/h2-11H,1H3/t11-/m0/s1. The van der Waals surface area contributed by atoms with Crippen molar-refractivity contribution in [2.45, 2.75) is 13.0 Å². The van der Waals surface area contributed by atoms with Gasteiger partial charge >= 0.3 is 5.97 Å². The molecule has 1 atom stereocenters. The molecule has 92 valence electrons. The highest BCUT2D eigenvalue weighted by Gasteiger charge is 2.16. The zero-order valence-corrected chi connectivity index (χ0v) is 9.97. The van der Waals surface area contributed by atoms with Gasteiger partial charge in [-0.05, 0) is 24.6 Å². The molecule has 0 aliphatic carbocycles. The van der Waals surface area contributed by atoms with Gasteiger partial charge in [-0.25, -0.2) is 9.18 Å². The zero-order chi connectivity index (χ0) is 13.0. The highest BCUT2D eigenvalue weighted by Crippen LogP contribution is 2.19. The van der Waals surface area contributed by atoms with Crippen molar-refractivity contribution in [3.63, 3.8) is 0 Å². The Balaban J connectivity index is 2.11. The first-order chi connectivity index (χ1) is 8.68. The lowest BCUT2D eigenvalue weighted by atomic mass is 10.1. The minimum atomic E-state index is -0.649. The number of esters is 1. The van der Waals surface area contributed by atoms with Gasteiger partial charge in [0.15, 0.2) is 0 Å². The predicted octanol–water partition coefficient (Wildman–Crippen LogP) is 3.74. The van der Waals surface area contributed by atoms with Crippen molar-refractivity contribution >= 4 is 5.97 Å². The molecule has 18 heavy (non-hydrogen) atoms. The molecule has 0 fully saturated rings. The number of hydrogen-bond donors (Lipinski definition) is 0. The molecule has 2 rings (SSSR count). The Kier molecular flexibility index (Phi) is 3.72. The molecule has 2 aromatic rings. The van der Waals surface area contributed by atoms with Crippen molar-refractivity contribution in [3.05, 3.63) is 71.5 Å². The molecule has 0 aromatic heterocycles. The highest BCUT2D eigenvalue weighted by atomic mass is 19.1. The van der Waals surface area contributed by atoms with Crippen LogP contribution in [0.1, 0.15) is 28.9 Å². The zero-order valence-electron chi connectivity index (χ0n) is 9.97. The van der Waals surface area contributed by atoms with E-state index in [0.29, 0.717) is 0 Å². The summed E-state index contributed by atoms with van der Waals surface area (Å²) in [5.41, 5.74) is 0.836. The van der Waals surface area contributed by atoms with Crippen molar-refractivity contribution in [2.75, 3.05) is 0 Å². The third kappa shape index (κ3) is 2.74. The van der Waals surface area contributed by atoms with E-state index in [-0.39, 0.29) is 5.56 Å². The lowest BCUT2D eigenvalue weighted by molar-refractivity contribution is 0.0332. The van der Waals surface area contributed by atoms with Crippen LogP contribution in [0.3, 0.4) is 0 Å². The van der Waals surface area contributed by atoms with Gasteiger partial charge in [-0.1, -0.05) is 42.5 Å². The summed E-state index contributed by atoms with van der Waals surface area (Å²) in [7, 11) is 0. The minimum absolute atomic E-state index is 0.0414. The second-order valence-electron chi connectivity index (χ2n) is 3.94. The first kappa shape index (κ1) is 12.3. The van der Waals surface area contributed by atoms with Gasteiger partial charge in [0.05, 0.1) is 5.56 Å². The molecule has 0 aliphatic heterocycles. The Morgan fingerprint density at radius 1 is 1.06 bits per heavy atom. The van der Waals surface area contributed by atoms with E-state index in [9.17, 15) is 9.18 Å². The van der Waals surface area contributed by atoms with Gasteiger partial charge in [-0.3, -0.25) is 0 Å². The van der Waals surface area contributed by atoms with Crippen LogP contribution in [0.5, 0.6) is 0 Å². The maximum absolute atomic E-state index is 13.4. The maximum Gasteiger partial charge on any atom is 0.341 e. The van der Waals surface area contributed by atoms with Crippen LogP contribution in [0.25, 0.3) is 0 Å². The summed E-state index contributed by atoms with van der Waals surface area (Å²) in [6.07, 6.45) is -0.404. The predicted molar refractivity (Wildman–Crippen MR) is 66.7 cm³/mol. The number of carbonyl (C=O) groups excluding carboxylic acids is 1. The summed E-state index contributed by atoms with van der Waals surface area (Å²) in [6.45, 7) is 1.76. The van der Waals surface area contributed by atoms with Crippen molar-refractivity contribution in [2.24, 2.45) is 0 Å². The Labute approximate surface area is 105 Å². The van der Waals surface area contributed by atoms with Crippen LogP contribution in [0.15, 0.2) is 54.6 Å². The number of hydrogen-bond acceptors (Lipinski definition) is 2. The molecule has 3 heteroatoms. The van der Waals surface area contributed by atoms with E-state index in [2.05, 4.69) is 0 Å². The van der Waals surface area contributed by atoms with Crippen LogP contribution in [0, 0.1) is 5.82 Å². The van der Waals surface area contributed by atoms with Crippen molar-refractivity contribution in [3.8, 4) is 0 Å². The number of benzene rings is 2. The van der Waals surface area contributed by atoms with E-state index in [4.69, 9.17) is 4.74 Å². The number of halogens is 1. The lowest BCUT2D eigenvalue weighted by Crippen LogP contribution is -2.10. The molecule has 0 saturated heterocycles. The van der Waals surface area contributed by atoms with E-state index in [0.717, 1.165) is 5.56 Å². The van der Waals surface area contributed by atoms with Gasteiger partial charge in [-0.2, -0.15) is 0 Å². The molecule has 0 radical (unpaired) electrons. The Morgan fingerprint density at radius 3 is 2.33 bits per heavy atom. The minimum Gasteiger partial charge on any atom is -0.454 e. The summed E-state index contributed by atoms with van der Waals surface area (Å²) in [5, 5.41) is 0. The summed E-state index contributed by atoms with van der Waals surface area (Å²) in [6, 6.07) is 15.1. The smallest absolute Gasteiger partial charge is 0.341 e. The van der Waals surface area contributed by atoms with Gasteiger partial charge < -0.3 is 4.74 Å². The fourth-order valence-corrected chi connectivity index (χ4v) is 1.64. The van der Waals surface area contributed by atoms with Gasteiger partial charge in [0.2, 0.25) is 0 Å². The molecular weight excluding hydrogens is 231 g/mol. The lowest BCUT2D eigenvalue weighted by Gasteiger charge is -2.13. The van der Waals surface area contributed by atoms with Crippen LogP contribution < -0.4 is 0 Å². The number of ether oxygens (including phenoxy) is 1. The quantitative estimate of drug-likeness (QED) is 0.769. The molecule has 2 nitrogen and oxygen atoms in total. The molecule has 0 unspecified atom stereocenters. The third-order valence-electron chi connectivity index (χ3n) is 2.65. The highest BCUT2D eigenvalue weighted by molar-refractivity contribution is 5.89. The van der Waals surface area contributed by atoms with Crippen LogP contribution in [0.2, 0.25) is 0 Å². The fraction of sp³-hybridized carbons (Fsp3) is 0.133. The van der Waals surface area contributed by atoms with Crippen LogP contribution >= 0.6 is 0 Å². The van der Waals surface area contributed by atoms with Crippen LogP contribution in [-0.2, 0) is 4.74 Å². The molecular formula is C15H13FO2. The Hall–Kier alpha value is -2.16. The molecule has 0 saturated carbocycles. The second kappa shape index (κ2) is 5.45. The van der Waals surface area contributed by atoms with E-state index in [1.165, 1.54) is 18.2 Å². The molecule has 2 aromatic carbocycles. The van der Waals surface area contributed by atoms with Gasteiger partial charge in [0, 0.05) is 0 Å². The molecule has 0 heterocycles. The van der Waals surface area contributed by atoms with E-state index >= 15 is 0 Å². The Bertz CT molecular complexity index is 537. The Morgan fingerprint density at radius 2 is 1.67 bits per heavy atom. The molecule has 0 spiro atoms. The van der Waals surface area contributed by atoms with Gasteiger partial charge in [-0.15, -0.1) is 0 Å². The van der Waals surface area contributed by atoms with E-state index in [1.54, 1.807) is 13.0 Å². The second-order valence-corrected chi connectivity index (χ2v) is 3.94. The summed E-state index contributed by atoms with van der Waals surface area (Å²) < 4.78 is 18.6. The van der Waals surface area contributed by atoms with Crippen molar-refractivity contribution < 1.29 is 13.9 Å². The monoisotopic (exact) mass is 244 g/mol. The summed E-state index contributed by atoms with van der Waals surface area (Å²) >= 11 is 0. The molecule has 0 bridgehead atoms. The first-order valence-corrected chi connectivity index (χ1v) is 5.69. The third-order valence-corrected chi connectivity index (χ3v) is 2.65. The number of carbonyl (C=O) groups is 1.